The van der Waals surface area contributed by atoms with Crippen LogP contribution in [0.4, 0.5) is 5.69 Å². The Morgan fingerprint density at radius 1 is 1.00 bits per heavy atom. The van der Waals surface area contributed by atoms with Crippen LogP contribution in [-0.2, 0) is 10.0 Å². The number of nitrogens with one attached hydrogen (secondary N) is 2. The molecule has 0 aliphatic carbocycles. The number of H-pyrrole nitrogens is 1. The third kappa shape index (κ3) is 3.84. The molecule has 9 heteroatoms. The smallest absolute Gasteiger partial charge is 0.272 e. The predicted molar refractivity (Wildman–Crippen MR) is 97.6 cm³/mol. The van der Waals surface area contributed by atoms with Gasteiger partial charge in [-0.3, -0.25) is 14.5 Å². The Hall–Kier alpha value is -2.35. The molecule has 2 heterocycles. The van der Waals surface area contributed by atoms with Crippen LogP contribution in [0.3, 0.4) is 0 Å². The number of hydrogen-bond acceptors (Lipinski definition) is 4. The van der Waals surface area contributed by atoms with Crippen molar-refractivity contribution in [2.24, 2.45) is 0 Å². The van der Waals surface area contributed by atoms with Crippen molar-refractivity contribution in [2.45, 2.75) is 4.90 Å². The zero-order valence-corrected chi connectivity index (χ0v) is 14.9. The molecule has 0 fully saturated rings. The van der Waals surface area contributed by atoms with Gasteiger partial charge in [-0.2, -0.15) is 0 Å². The first-order valence-corrected chi connectivity index (χ1v) is 9.22. The largest absolute Gasteiger partial charge is 0.327 e. The summed E-state index contributed by atoms with van der Waals surface area (Å²) in [5.74, 6) is 0. The summed E-state index contributed by atoms with van der Waals surface area (Å²) in [7, 11) is -4.09. The zero-order valence-electron chi connectivity index (χ0n) is 12.5. The van der Waals surface area contributed by atoms with Crippen LogP contribution < -0.4 is 10.3 Å². The first kappa shape index (κ1) is 17.5. The highest BCUT2D eigenvalue weighted by Gasteiger charge is 2.20. The van der Waals surface area contributed by atoms with Gasteiger partial charge < -0.3 is 4.98 Å². The van der Waals surface area contributed by atoms with Crippen LogP contribution >= 0.6 is 23.2 Å². The molecule has 0 radical (unpaired) electrons. The Bertz CT molecular complexity index is 1080. The first-order valence-electron chi connectivity index (χ1n) is 6.98. The molecule has 0 amide bonds. The van der Waals surface area contributed by atoms with Gasteiger partial charge in [0.15, 0.2) is 0 Å². The van der Waals surface area contributed by atoms with E-state index < -0.39 is 15.6 Å². The molecule has 0 spiro atoms. The first-order chi connectivity index (χ1) is 11.9. The summed E-state index contributed by atoms with van der Waals surface area (Å²) < 4.78 is 27.4. The van der Waals surface area contributed by atoms with E-state index in [0.29, 0.717) is 5.56 Å². The van der Waals surface area contributed by atoms with E-state index >= 15 is 0 Å². The van der Waals surface area contributed by atoms with E-state index in [1.165, 1.54) is 30.5 Å². The highest BCUT2D eigenvalue weighted by atomic mass is 35.5. The lowest BCUT2D eigenvalue weighted by atomic mass is 10.1. The second kappa shape index (κ2) is 6.87. The van der Waals surface area contributed by atoms with E-state index in [-0.39, 0.29) is 20.6 Å². The lowest BCUT2D eigenvalue weighted by Gasteiger charge is -2.10. The van der Waals surface area contributed by atoms with Crippen molar-refractivity contribution in [2.75, 3.05) is 4.72 Å². The Balaban J connectivity index is 2.03. The molecule has 0 atom stereocenters. The molecule has 0 aliphatic heterocycles. The number of benzene rings is 1. The summed E-state index contributed by atoms with van der Waals surface area (Å²) in [6.45, 7) is 0. The van der Waals surface area contributed by atoms with Gasteiger partial charge in [-0.1, -0.05) is 23.2 Å². The molecule has 25 heavy (non-hydrogen) atoms. The third-order valence-electron chi connectivity index (χ3n) is 3.34. The Labute approximate surface area is 153 Å². The van der Waals surface area contributed by atoms with Gasteiger partial charge >= 0.3 is 0 Å². The third-order valence-corrected chi connectivity index (χ3v) is 5.43. The fourth-order valence-corrected chi connectivity index (χ4v) is 3.97. The topological polar surface area (TPSA) is 91.9 Å². The number of halogens is 2. The van der Waals surface area contributed by atoms with Crippen LogP contribution in [0.2, 0.25) is 10.0 Å². The Kier molecular flexibility index (Phi) is 4.80. The number of aromatic nitrogens is 2. The number of hydrogen-bond donors (Lipinski definition) is 2. The molecular weight excluding hydrogens is 385 g/mol. The molecule has 0 bridgehead atoms. The average Bonchev–Trinajstić information content (AvgIpc) is 2.59. The lowest BCUT2D eigenvalue weighted by molar-refractivity contribution is 0.601. The van der Waals surface area contributed by atoms with Crippen molar-refractivity contribution in [3.05, 3.63) is 75.4 Å². The predicted octanol–water partition coefficient (Wildman–Crippen LogP) is 3.54. The second-order valence-electron chi connectivity index (χ2n) is 5.05. The molecule has 3 rings (SSSR count). The number of anilines is 1. The minimum atomic E-state index is -4.09. The maximum atomic E-state index is 12.6. The maximum absolute atomic E-state index is 12.6. The fraction of sp³-hybridized carbons (Fsp3) is 0. The van der Waals surface area contributed by atoms with Gasteiger partial charge in [-0.15, -0.1) is 0 Å². The van der Waals surface area contributed by atoms with Gasteiger partial charge in [-0.25, -0.2) is 8.42 Å². The maximum Gasteiger partial charge on any atom is 0.272 e. The average molecular weight is 396 g/mol. The van der Waals surface area contributed by atoms with Gasteiger partial charge in [0.1, 0.15) is 10.6 Å². The zero-order chi connectivity index (χ0) is 18.0. The van der Waals surface area contributed by atoms with Crippen molar-refractivity contribution in [3.8, 4) is 11.1 Å². The van der Waals surface area contributed by atoms with E-state index in [4.69, 9.17) is 23.2 Å². The molecule has 0 saturated heterocycles. The van der Waals surface area contributed by atoms with Gasteiger partial charge in [-0.05, 0) is 42.0 Å². The molecule has 0 aliphatic rings. The van der Waals surface area contributed by atoms with Crippen LogP contribution in [0.5, 0.6) is 0 Å². The summed E-state index contributed by atoms with van der Waals surface area (Å²) >= 11 is 11.8. The quantitative estimate of drug-likeness (QED) is 0.706. The Morgan fingerprint density at radius 3 is 2.44 bits per heavy atom. The van der Waals surface area contributed by atoms with Crippen molar-refractivity contribution >= 4 is 38.9 Å². The molecular formula is C16H11Cl2N3O3S. The summed E-state index contributed by atoms with van der Waals surface area (Å²) in [5.41, 5.74) is 0.675. The molecule has 128 valence electrons. The number of sulfonamides is 1. The lowest BCUT2D eigenvalue weighted by Crippen LogP contribution is -2.20. The number of rotatable bonds is 4. The SMILES string of the molecule is O=c1[nH]cc(-c2ccncc2)cc1NS(=O)(=O)c1cc(Cl)ccc1Cl. The second-order valence-corrected chi connectivity index (χ2v) is 7.54. The van der Waals surface area contributed by atoms with Crippen LogP contribution in [0, 0.1) is 0 Å². The van der Waals surface area contributed by atoms with Crippen LogP contribution in [0.25, 0.3) is 11.1 Å². The molecule has 0 saturated carbocycles. The van der Waals surface area contributed by atoms with Crippen molar-refractivity contribution in [1.29, 1.82) is 0 Å². The molecule has 6 nitrogen and oxygen atoms in total. The van der Waals surface area contributed by atoms with Gasteiger partial charge in [0.2, 0.25) is 0 Å². The number of pyridine rings is 2. The Morgan fingerprint density at radius 2 is 1.72 bits per heavy atom. The normalized spacial score (nSPS) is 11.3. The molecule has 3 aromatic rings. The summed E-state index contributed by atoms with van der Waals surface area (Å²) in [4.78, 5) is 18.2. The van der Waals surface area contributed by atoms with E-state index in [1.807, 2.05) is 0 Å². The van der Waals surface area contributed by atoms with E-state index in [2.05, 4.69) is 14.7 Å². The van der Waals surface area contributed by atoms with Crippen LogP contribution in [0.1, 0.15) is 0 Å². The summed E-state index contributed by atoms with van der Waals surface area (Å²) in [6, 6.07) is 8.96. The van der Waals surface area contributed by atoms with E-state index in [9.17, 15) is 13.2 Å². The van der Waals surface area contributed by atoms with Crippen LogP contribution in [-0.4, -0.2) is 18.4 Å². The van der Waals surface area contributed by atoms with Gasteiger partial charge in [0.25, 0.3) is 15.6 Å². The van der Waals surface area contributed by atoms with E-state index in [1.54, 1.807) is 24.5 Å². The fourth-order valence-electron chi connectivity index (χ4n) is 2.15. The molecule has 2 N–H and O–H groups in total. The van der Waals surface area contributed by atoms with Gasteiger partial charge in [0, 0.05) is 29.2 Å². The summed E-state index contributed by atoms with van der Waals surface area (Å²) in [6.07, 6.45) is 4.67. The number of aromatic amines is 1. The number of nitrogens with zero attached hydrogens (tertiary/aromatic N) is 1. The minimum Gasteiger partial charge on any atom is -0.327 e. The highest BCUT2D eigenvalue weighted by molar-refractivity contribution is 7.92. The van der Waals surface area contributed by atoms with Crippen molar-refractivity contribution < 1.29 is 8.42 Å². The molecule has 2 aromatic heterocycles. The van der Waals surface area contributed by atoms with Gasteiger partial charge in [0.05, 0.1) is 5.02 Å². The summed E-state index contributed by atoms with van der Waals surface area (Å²) in [5, 5.41) is 0.211. The molecule has 0 unspecified atom stereocenters. The van der Waals surface area contributed by atoms with Crippen molar-refractivity contribution in [3.63, 3.8) is 0 Å². The minimum absolute atomic E-state index is 0.00128. The standard InChI is InChI=1S/C16H11Cl2N3O3S/c17-12-1-2-13(18)15(8-12)25(23,24)21-14-7-11(9-20-16(14)22)10-3-5-19-6-4-10/h1-9,21H,(H,20,22). The van der Waals surface area contributed by atoms with E-state index in [0.717, 1.165) is 5.56 Å². The van der Waals surface area contributed by atoms with Crippen LogP contribution in [0.15, 0.2) is 64.7 Å². The molecule has 1 aromatic carbocycles. The highest BCUT2D eigenvalue weighted by Crippen LogP contribution is 2.27. The van der Waals surface area contributed by atoms with Crippen molar-refractivity contribution in [1.82, 2.24) is 9.97 Å². The monoisotopic (exact) mass is 395 g/mol.